The summed E-state index contributed by atoms with van der Waals surface area (Å²) in [5.74, 6) is -3.10. The number of aromatic nitrogens is 2. The summed E-state index contributed by atoms with van der Waals surface area (Å²) < 4.78 is 30.0. The average Bonchev–Trinajstić information content (AvgIpc) is 2.87. The molecule has 0 fully saturated rings. The van der Waals surface area contributed by atoms with E-state index in [0.29, 0.717) is 10.6 Å². The first kappa shape index (κ1) is 17.1. The molecule has 4 nitrogen and oxygen atoms in total. The second-order valence-corrected chi connectivity index (χ2v) is 5.99. The van der Waals surface area contributed by atoms with Crippen LogP contribution in [0.1, 0.15) is 16.1 Å². The SMILES string of the molecule is Cc1ccc(Cl)cc1-c1c(-c2c(F)cccc2F)c(C(=O)O)nn1C. The Hall–Kier alpha value is -2.73. The van der Waals surface area contributed by atoms with E-state index in [2.05, 4.69) is 5.10 Å². The number of rotatable bonds is 3. The van der Waals surface area contributed by atoms with Crippen molar-refractivity contribution in [3.8, 4) is 22.4 Å². The molecule has 0 radical (unpaired) electrons. The highest BCUT2D eigenvalue weighted by Crippen LogP contribution is 2.39. The third kappa shape index (κ3) is 2.89. The number of hydrogen-bond acceptors (Lipinski definition) is 2. The van der Waals surface area contributed by atoms with E-state index < -0.39 is 28.9 Å². The molecule has 0 saturated carbocycles. The zero-order valence-corrected chi connectivity index (χ0v) is 14.1. The maximum absolute atomic E-state index is 14.4. The van der Waals surface area contributed by atoms with Gasteiger partial charge < -0.3 is 5.11 Å². The second-order valence-electron chi connectivity index (χ2n) is 5.56. The van der Waals surface area contributed by atoms with Crippen molar-refractivity contribution in [2.75, 3.05) is 0 Å². The molecule has 0 bridgehead atoms. The molecule has 0 aliphatic rings. The summed E-state index contributed by atoms with van der Waals surface area (Å²) in [6.07, 6.45) is 0. The van der Waals surface area contributed by atoms with Gasteiger partial charge in [0.1, 0.15) is 11.6 Å². The van der Waals surface area contributed by atoms with Crippen molar-refractivity contribution >= 4 is 17.6 Å². The van der Waals surface area contributed by atoms with Crippen LogP contribution >= 0.6 is 11.6 Å². The van der Waals surface area contributed by atoms with Gasteiger partial charge in [0.25, 0.3) is 0 Å². The number of nitrogens with zero attached hydrogens (tertiary/aromatic N) is 2. The number of aromatic carboxylic acids is 1. The van der Waals surface area contributed by atoms with Crippen LogP contribution in [0.2, 0.25) is 5.02 Å². The van der Waals surface area contributed by atoms with Crippen molar-refractivity contribution in [3.05, 3.63) is 64.3 Å². The summed E-state index contributed by atoms with van der Waals surface area (Å²) in [6.45, 7) is 1.79. The number of halogens is 3. The van der Waals surface area contributed by atoms with Gasteiger partial charge in [0.15, 0.2) is 5.69 Å². The summed E-state index contributed by atoms with van der Waals surface area (Å²) in [6, 6.07) is 8.40. The molecule has 25 heavy (non-hydrogen) atoms. The lowest BCUT2D eigenvalue weighted by Gasteiger charge is -2.12. The Bertz CT molecular complexity index is 979. The molecule has 128 valence electrons. The molecular formula is C18H13ClF2N2O2. The summed E-state index contributed by atoms with van der Waals surface area (Å²) in [5.41, 5.74) is 0.621. The number of hydrogen-bond donors (Lipinski definition) is 1. The van der Waals surface area contributed by atoms with E-state index in [-0.39, 0.29) is 11.3 Å². The topological polar surface area (TPSA) is 55.1 Å². The Morgan fingerprint density at radius 1 is 1.16 bits per heavy atom. The van der Waals surface area contributed by atoms with Gasteiger partial charge in [-0.25, -0.2) is 13.6 Å². The van der Waals surface area contributed by atoms with Crippen molar-refractivity contribution in [1.29, 1.82) is 0 Å². The molecule has 1 N–H and O–H groups in total. The van der Waals surface area contributed by atoms with E-state index in [0.717, 1.165) is 17.7 Å². The van der Waals surface area contributed by atoms with Crippen molar-refractivity contribution in [1.82, 2.24) is 9.78 Å². The van der Waals surface area contributed by atoms with Gasteiger partial charge in [0.2, 0.25) is 0 Å². The molecule has 1 heterocycles. The molecule has 2 aromatic carbocycles. The predicted octanol–water partition coefficient (Wildman–Crippen LogP) is 4.69. The highest BCUT2D eigenvalue weighted by Gasteiger charge is 2.28. The minimum Gasteiger partial charge on any atom is -0.476 e. The number of carboxylic acid groups (broad SMARTS) is 1. The third-order valence-electron chi connectivity index (χ3n) is 3.92. The van der Waals surface area contributed by atoms with Crippen LogP contribution in [0.25, 0.3) is 22.4 Å². The molecule has 0 unspecified atom stereocenters. The fraction of sp³-hybridized carbons (Fsp3) is 0.111. The van der Waals surface area contributed by atoms with E-state index in [1.54, 1.807) is 25.1 Å². The van der Waals surface area contributed by atoms with E-state index in [9.17, 15) is 18.7 Å². The number of benzene rings is 2. The molecule has 0 amide bonds. The van der Waals surface area contributed by atoms with Crippen LogP contribution in [0.4, 0.5) is 8.78 Å². The van der Waals surface area contributed by atoms with Crippen molar-refractivity contribution < 1.29 is 18.7 Å². The third-order valence-corrected chi connectivity index (χ3v) is 4.15. The van der Waals surface area contributed by atoms with Crippen LogP contribution in [0.15, 0.2) is 36.4 Å². The van der Waals surface area contributed by atoms with Crippen LogP contribution in [-0.2, 0) is 7.05 Å². The second kappa shape index (κ2) is 6.29. The van der Waals surface area contributed by atoms with E-state index in [4.69, 9.17) is 11.6 Å². The molecule has 3 aromatic rings. The molecular weight excluding hydrogens is 350 g/mol. The quantitative estimate of drug-likeness (QED) is 0.735. The standard InChI is InChI=1S/C18H13ClF2N2O2/c1-9-6-7-10(19)8-11(9)17-15(16(18(24)25)22-23(17)2)14-12(20)4-3-5-13(14)21/h3-8H,1-2H3,(H,24,25). The lowest BCUT2D eigenvalue weighted by atomic mass is 9.95. The van der Waals surface area contributed by atoms with Crippen molar-refractivity contribution in [2.24, 2.45) is 7.05 Å². The fourth-order valence-corrected chi connectivity index (χ4v) is 2.98. The Labute approximate surface area is 147 Å². The molecule has 7 heteroatoms. The summed E-state index contributed by atoms with van der Waals surface area (Å²) in [4.78, 5) is 11.6. The summed E-state index contributed by atoms with van der Waals surface area (Å²) >= 11 is 6.06. The minimum atomic E-state index is -1.38. The average molecular weight is 363 g/mol. The first-order valence-electron chi connectivity index (χ1n) is 7.32. The fourth-order valence-electron chi connectivity index (χ4n) is 2.81. The highest BCUT2D eigenvalue weighted by atomic mass is 35.5. The van der Waals surface area contributed by atoms with Crippen LogP contribution in [0.3, 0.4) is 0 Å². The molecule has 0 spiro atoms. The van der Waals surface area contributed by atoms with Gasteiger partial charge >= 0.3 is 5.97 Å². The molecule has 3 rings (SSSR count). The zero-order valence-electron chi connectivity index (χ0n) is 13.3. The lowest BCUT2D eigenvalue weighted by molar-refractivity contribution is 0.0690. The predicted molar refractivity (Wildman–Crippen MR) is 90.7 cm³/mol. The maximum atomic E-state index is 14.4. The van der Waals surface area contributed by atoms with E-state index >= 15 is 0 Å². The highest BCUT2D eigenvalue weighted by molar-refractivity contribution is 6.31. The van der Waals surface area contributed by atoms with Crippen molar-refractivity contribution in [2.45, 2.75) is 6.92 Å². The summed E-state index contributed by atoms with van der Waals surface area (Å²) in [5, 5.41) is 13.8. The maximum Gasteiger partial charge on any atom is 0.357 e. The number of aryl methyl sites for hydroxylation is 2. The van der Waals surface area contributed by atoms with Gasteiger partial charge in [-0.05, 0) is 36.8 Å². The Kier molecular flexibility index (Phi) is 4.30. The van der Waals surface area contributed by atoms with Gasteiger partial charge in [-0.2, -0.15) is 5.10 Å². The monoisotopic (exact) mass is 362 g/mol. The largest absolute Gasteiger partial charge is 0.476 e. The summed E-state index contributed by atoms with van der Waals surface area (Å²) in [7, 11) is 1.52. The Balaban J connectivity index is 2.46. The normalized spacial score (nSPS) is 10.9. The molecule has 0 aliphatic heterocycles. The Morgan fingerprint density at radius 3 is 2.40 bits per heavy atom. The molecule has 0 atom stereocenters. The van der Waals surface area contributed by atoms with E-state index in [1.807, 2.05) is 0 Å². The Morgan fingerprint density at radius 2 is 1.80 bits per heavy atom. The minimum absolute atomic E-state index is 0.115. The first-order chi connectivity index (χ1) is 11.8. The van der Waals surface area contributed by atoms with Gasteiger partial charge in [0.05, 0.1) is 11.3 Å². The van der Waals surface area contributed by atoms with Crippen molar-refractivity contribution in [3.63, 3.8) is 0 Å². The zero-order chi connectivity index (χ0) is 18.3. The van der Waals surface area contributed by atoms with Gasteiger partial charge in [-0.1, -0.05) is 23.7 Å². The van der Waals surface area contributed by atoms with Crippen LogP contribution in [0, 0.1) is 18.6 Å². The van der Waals surface area contributed by atoms with Crippen LogP contribution in [0.5, 0.6) is 0 Å². The molecule has 0 saturated heterocycles. The first-order valence-corrected chi connectivity index (χ1v) is 7.70. The van der Waals surface area contributed by atoms with E-state index in [1.165, 1.54) is 17.8 Å². The molecule has 0 aliphatic carbocycles. The van der Waals surface area contributed by atoms with Crippen LogP contribution in [-0.4, -0.2) is 20.9 Å². The number of carbonyl (C=O) groups is 1. The van der Waals surface area contributed by atoms with Gasteiger partial charge in [-0.15, -0.1) is 0 Å². The molecule has 1 aromatic heterocycles. The smallest absolute Gasteiger partial charge is 0.357 e. The lowest BCUT2D eigenvalue weighted by Crippen LogP contribution is -2.02. The van der Waals surface area contributed by atoms with Crippen LogP contribution < -0.4 is 0 Å². The van der Waals surface area contributed by atoms with Gasteiger partial charge in [0, 0.05) is 23.2 Å². The number of carboxylic acids is 1. The van der Waals surface area contributed by atoms with Gasteiger partial charge in [-0.3, -0.25) is 4.68 Å².